The zero-order valence-corrected chi connectivity index (χ0v) is 11.7. The van der Waals surface area contributed by atoms with E-state index in [9.17, 15) is 4.79 Å². The average molecular weight is 275 g/mol. The van der Waals surface area contributed by atoms with Crippen LogP contribution in [0.15, 0.2) is 12.2 Å². The molecule has 2 aliphatic rings. The van der Waals surface area contributed by atoms with Crippen LogP contribution < -0.4 is 10.6 Å². The Bertz CT molecular complexity index is 516. The third kappa shape index (κ3) is 2.69. The largest absolute Gasteiger partial charge is 0.368 e. The van der Waals surface area contributed by atoms with Crippen LogP contribution in [0.5, 0.6) is 0 Å². The molecule has 0 bridgehead atoms. The number of hydrogen-bond acceptors (Lipinski definition) is 5. The van der Waals surface area contributed by atoms with Gasteiger partial charge in [-0.15, -0.1) is 5.10 Å². The van der Waals surface area contributed by atoms with Gasteiger partial charge in [0.1, 0.15) is 0 Å². The molecule has 0 spiro atoms. The SMILES string of the molecule is Nc1nc(N2CCCCC2)nn1C(=O)C[C@H]1C=CCC1. The lowest BCUT2D eigenvalue weighted by Gasteiger charge is -2.24. The Kier molecular flexibility index (Phi) is 3.71. The predicted octanol–water partition coefficient (Wildman–Crippen LogP) is 1.85. The molecule has 1 atom stereocenters. The van der Waals surface area contributed by atoms with Gasteiger partial charge in [0.05, 0.1) is 0 Å². The molecule has 3 rings (SSSR count). The number of anilines is 2. The third-order valence-electron chi connectivity index (χ3n) is 4.05. The third-order valence-corrected chi connectivity index (χ3v) is 4.05. The minimum atomic E-state index is -0.0604. The zero-order chi connectivity index (χ0) is 13.9. The molecule has 1 aromatic rings. The molecule has 0 radical (unpaired) electrons. The van der Waals surface area contributed by atoms with Gasteiger partial charge in [-0.25, -0.2) is 0 Å². The molecule has 0 aromatic carbocycles. The standard InChI is InChI=1S/C14H21N5O/c15-13-16-14(18-8-4-1-5-9-18)17-19(13)12(20)10-11-6-2-3-7-11/h2,6,11H,1,3-5,7-10H2,(H2,15,16,17)/t11-/m0/s1. The van der Waals surface area contributed by atoms with Gasteiger partial charge in [0, 0.05) is 19.5 Å². The Morgan fingerprint density at radius 1 is 1.35 bits per heavy atom. The van der Waals surface area contributed by atoms with Crippen LogP contribution in [0.3, 0.4) is 0 Å². The van der Waals surface area contributed by atoms with Gasteiger partial charge in [-0.3, -0.25) is 4.79 Å². The molecule has 1 aliphatic carbocycles. The molecule has 1 fully saturated rings. The molecule has 0 amide bonds. The average Bonchev–Trinajstić information content (AvgIpc) is 3.09. The quantitative estimate of drug-likeness (QED) is 0.852. The number of hydrogen-bond donors (Lipinski definition) is 1. The van der Waals surface area contributed by atoms with Crippen LogP contribution in [0.1, 0.15) is 43.3 Å². The van der Waals surface area contributed by atoms with Crippen molar-refractivity contribution in [1.82, 2.24) is 14.8 Å². The maximum absolute atomic E-state index is 12.2. The number of nitrogen functional groups attached to an aromatic ring is 1. The topological polar surface area (TPSA) is 77.0 Å². The van der Waals surface area contributed by atoms with Crippen molar-refractivity contribution >= 4 is 17.8 Å². The molecule has 1 aromatic heterocycles. The smallest absolute Gasteiger partial charge is 0.250 e. The number of nitrogens with two attached hydrogens (primary N) is 1. The second-order valence-electron chi connectivity index (χ2n) is 5.59. The fourth-order valence-corrected chi connectivity index (χ4v) is 2.90. The van der Waals surface area contributed by atoms with Crippen LogP contribution in [0.2, 0.25) is 0 Å². The van der Waals surface area contributed by atoms with Crippen molar-refractivity contribution in [3.8, 4) is 0 Å². The van der Waals surface area contributed by atoms with E-state index in [-0.39, 0.29) is 11.9 Å². The number of aromatic nitrogens is 3. The van der Waals surface area contributed by atoms with Gasteiger partial charge >= 0.3 is 0 Å². The van der Waals surface area contributed by atoms with Crippen molar-refractivity contribution in [2.45, 2.75) is 38.5 Å². The highest BCUT2D eigenvalue weighted by Crippen LogP contribution is 2.22. The zero-order valence-electron chi connectivity index (χ0n) is 11.7. The summed E-state index contributed by atoms with van der Waals surface area (Å²) in [5, 5.41) is 4.31. The molecular weight excluding hydrogens is 254 g/mol. The van der Waals surface area contributed by atoms with Crippen LogP contribution >= 0.6 is 0 Å². The number of rotatable bonds is 3. The second kappa shape index (κ2) is 5.64. The molecule has 0 unspecified atom stereocenters. The van der Waals surface area contributed by atoms with Crippen LogP contribution in [0.4, 0.5) is 11.9 Å². The van der Waals surface area contributed by atoms with E-state index in [1.807, 2.05) is 0 Å². The number of piperidine rings is 1. The van der Waals surface area contributed by atoms with Crippen LogP contribution in [-0.2, 0) is 0 Å². The highest BCUT2D eigenvalue weighted by atomic mass is 16.2. The molecule has 6 heteroatoms. The fourth-order valence-electron chi connectivity index (χ4n) is 2.90. The lowest BCUT2D eigenvalue weighted by molar-refractivity contribution is 0.0875. The Balaban J connectivity index is 1.70. The summed E-state index contributed by atoms with van der Waals surface area (Å²) in [6.07, 6.45) is 10.3. The Morgan fingerprint density at radius 2 is 2.15 bits per heavy atom. The van der Waals surface area contributed by atoms with Gasteiger partial charge in [0.25, 0.3) is 5.91 Å². The normalized spacial score (nSPS) is 22.4. The first-order chi connectivity index (χ1) is 9.74. The van der Waals surface area contributed by atoms with Crippen molar-refractivity contribution in [2.24, 2.45) is 5.92 Å². The minimum absolute atomic E-state index is 0.0604. The second-order valence-corrected chi connectivity index (χ2v) is 5.59. The highest BCUT2D eigenvalue weighted by Gasteiger charge is 2.22. The molecular formula is C14H21N5O. The number of carbonyl (C=O) groups is 1. The molecule has 2 N–H and O–H groups in total. The maximum Gasteiger partial charge on any atom is 0.250 e. The number of allylic oxidation sites excluding steroid dienone is 2. The van der Waals surface area contributed by atoms with Gasteiger partial charge in [-0.2, -0.15) is 9.67 Å². The van der Waals surface area contributed by atoms with E-state index in [1.54, 1.807) is 0 Å². The van der Waals surface area contributed by atoms with E-state index < -0.39 is 0 Å². The lowest BCUT2D eigenvalue weighted by atomic mass is 10.1. The molecule has 1 aliphatic heterocycles. The van der Waals surface area contributed by atoms with Gasteiger partial charge < -0.3 is 10.6 Å². The summed E-state index contributed by atoms with van der Waals surface area (Å²) in [6.45, 7) is 1.89. The van der Waals surface area contributed by atoms with Crippen molar-refractivity contribution in [3.63, 3.8) is 0 Å². The maximum atomic E-state index is 12.2. The van der Waals surface area contributed by atoms with Gasteiger partial charge in [0.15, 0.2) is 0 Å². The lowest BCUT2D eigenvalue weighted by Crippen LogP contribution is -2.30. The Hall–Kier alpha value is -1.85. The Labute approximate surface area is 118 Å². The summed E-state index contributed by atoms with van der Waals surface area (Å²) >= 11 is 0. The first-order valence-corrected chi connectivity index (χ1v) is 7.41. The van der Waals surface area contributed by atoms with E-state index >= 15 is 0 Å². The number of nitrogens with zero attached hydrogens (tertiary/aromatic N) is 4. The van der Waals surface area contributed by atoms with Crippen molar-refractivity contribution in [1.29, 1.82) is 0 Å². The summed E-state index contributed by atoms with van der Waals surface area (Å²) in [7, 11) is 0. The van der Waals surface area contributed by atoms with E-state index in [4.69, 9.17) is 5.73 Å². The van der Waals surface area contributed by atoms with Gasteiger partial charge in [0.2, 0.25) is 11.9 Å². The van der Waals surface area contributed by atoms with Crippen molar-refractivity contribution < 1.29 is 4.79 Å². The van der Waals surface area contributed by atoms with Gasteiger partial charge in [-0.05, 0) is 38.0 Å². The van der Waals surface area contributed by atoms with Gasteiger partial charge in [-0.1, -0.05) is 12.2 Å². The summed E-state index contributed by atoms with van der Waals surface area (Å²) in [5.41, 5.74) is 5.85. The van der Waals surface area contributed by atoms with E-state index in [0.717, 1.165) is 38.8 Å². The summed E-state index contributed by atoms with van der Waals surface area (Å²) < 4.78 is 1.27. The predicted molar refractivity (Wildman–Crippen MR) is 77.6 cm³/mol. The first kappa shape index (κ1) is 13.1. The van der Waals surface area contributed by atoms with Crippen LogP contribution in [0.25, 0.3) is 0 Å². The molecule has 6 nitrogen and oxygen atoms in total. The summed E-state index contributed by atoms with van der Waals surface area (Å²) in [6, 6.07) is 0. The molecule has 108 valence electrons. The Morgan fingerprint density at radius 3 is 2.85 bits per heavy atom. The van der Waals surface area contributed by atoms with E-state index in [1.165, 1.54) is 11.1 Å². The fraction of sp³-hybridized carbons (Fsp3) is 0.643. The molecule has 0 saturated carbocycles. The molecule has 1 saturated heterocycles. The van der Waals surface area contributed by atoms with E-state index in [2.05, 4.69) is 27.1 Å². The summed E-state index contributed by atoms with van der Waals surface area (Å²) in [4.78, 5) is 18.6. The minimum Gasteiger partial charge on any atom is -0.368 e. The van der Waals surface area contributed by atoms with E-state index in [0.29, 0.717) is 18.3 Å². The highest BCUT2D eigenvalue weighted by molar-refractivity contribution is 5.81. The summed E-state index contributed by atoms with van der Waals surface area (Å²) in [5.74, 6) is 1.06. The van der Waals surface area contributed by atoms with Crippen molar-refractivity contribution in [2.75, 3.05) is 23.7 Å². The number of carbonyl (C=O) groups excluding carboxylic acids is 1. The van der Waals surface area contributed by atoms with Crippen LogP contribution in [-0.4, -0.2) is 33.8 Å². The molecule has 2 heterocycles. The monoisotopic (exact) mass is 275 g/mol. The molecule has 20 heavy (non-hydrogen) atoms. The van der Waals surface area contributed by atoms with Crippen LogP contribution in [0, 0.1) is 5.92 Å². The van der Waals surface area contributed by atoms with Crippen molar-refractivity contribution in [3.05, 3.63) is 12.2 Å². The first-order valence-electron chi connectivity index (χ1n) is 7.41.